The normalized spacial score (nSPS) is 12.1. The second kappa shape index (κ2) is 13.0. The van der Waals surface area contributed by atoms with Gasteiger partial charge in [-0.3, -0.25) is 14.4 Å². The van der Waals surface area contributed by atoms with Crippen LogP contribution in [0.15, 0.2) is 78.3 Å². The van der Waals surface area contributed by atoms with Crippen molar-refractivity contribution in [3.05, 3.63) is 84.4 Å². The highest BCUT2D eigenvalue weighted by Gasteiger charge is 2.36. The Labute approximate surface area is 184 Å². The fourth-order valence-electron chi connectivity index (χ4n) is 2.99. The van der Waals surface area contributed by atoms with Gasteiger partial charge in [-0.1, -0.05) is 73.3 Å². The predicted octanol–water partition coefficient (Wildman–Crippen LogP) is 5.63. The van der Waals surface area contributed by atoms with E-state index in [-0.39, 0.29) is 32.7 Å². The Hall–Kier alpha value is -2.53. The summed E-state index contributed by atoms with van der Waals surface area (Å²) in [5.41, 5.74) is 2.39. The minimum Gasteiger partial charge on any atom is -0.461 e. The van der Waals surface area contributed by atoms with Crippen molar-refractivity contribution < 1.29 is 23.1 Å². The van der Waals surface area contributed by atoms with Crippen LogP contribution in [0.25, 0.3) is 0 Å². The third kappa shape index (κ3) is 7.59. The Morgan fingerprint density at radius 1 is 1.00 bits per heavy atom. The summed E-state index contributed by atoms with van der Waals surface area (Å²) < 4.78 is 29.8. The van der Waals surface area contributed by atoms with Crippen molar-refractivity contribution in [1.29, 1.82) is 0 Å². The second-order valence-corrected chi connectivity index (χ2v) is 8.77. The van der Waals surface area contributed by atoms with Crippen molar-refractivity contribution in [1.82, 2.24) is 0 Å². The maximum atomic E-state index is 13.6. The van der Waals surface area contributed by atoms with E-state index in [1.165, 1.54) is 6.08 Å². The van der Waals surface area contributed by atoms with Gasteiger partial charge in [-0.2, -0.15) is 0 Å². The zero-order valence-corrected chi connectivity index (χ0v) is 19.0. The number of nitrogens with zero attached hydrogens (tertiary/aromatic N) is 1. The van der Waals surface area contributed by atoms with Crippen molar-refractivity contribution in [2.24, 2.45) is 4.99 Å². The molecular weight excluding hydrogens is 413 g/mol. The van der Waals surface area contributed by atoms with E-state index < -0.39 is 19.3 Å². The van der Waals surface area contributed by atoms with Crippen molar-refractivity contribution >= 4 is 19.3 Å². The molecule has 0 N–H and O–H groups in total. The minimum atomic E-state index is -3.62. The average Bonchev–Trinajstić information content (AvgIpc) is 2.79. The molecule has 0 heterocycles. The predicted molar refractivity (Wildman–Crippen MR) is 124 cm³/mol. The van der Waals surface area contributed by atoms with E-state index in [2.05, 4.69) is 6.58 Å². The lowest BCUT2D eigenvalue weighted by atomic mass is 10.0. The topological polar surface area (TPSA) is 74.2 Å². The molecule has 31 heavy (non-hydrogen) atoms. The lowest BCUT2D eigenvalue weighted by Gasteiger charge is -2.24. The first-order valence-corrected chi connectivity index (χ1v) is 12.0. The highest BCUT2D eigenvalue weighted by atomic mass is 31.2. The highest BCUT2D eigenvalue weighted by molar-refractivity contribution is 7.54. The molecule has 0 bridgehead atoms. The molecule has 6 nitrogen and oxygen atoms in total. The molecule has 0 spiro atoms. The van der Waals surface area contributed by atoms with Gasteiger partial charge in [-0.25, -0.2) is 0 Å². The lowest BCUT2D eigenvalue weighted by molar-refractivity contribution is -0.142. The maximum Gasteiger partial charge on any atom is 0.354 e. The molecule has 0 aliphatic heterocycles. The summed E-state index contributed by atoms with van der Waals surface area (Å²) in [6.45, 7) is 7.57. The summed E-state index contributed by atoms with van der Waals surface area (Å²) in [6, 6.07) is 19.3. The first kappa shape index (κ1) is 24.7. The number of esters is 1. The van der Waals surface area contributed by atoms with Crippen LogP contribution in [-0.2, 0) is 23.1 Å². The molecule has 0 fully saturated rings. The Morgan fingerprint density at radius 3 is 1.97 bits per heavy atom. The molecule has 2 aromatic carbocycles. The third-order valence-electron chi connectivity index (χ3n) is 4.32. The number of aliphatic imine (C=N–C) groups is 1. The zero-order chi connectivity index (χ0) is 22.5. The molecular formula is C24H30NO5P. The van der Waals surface area contributed by atoms with E-state index in [1.807, 2.05) is 60.7 Å². The number of carbonyl (C=O) groups excluding carboxylic acids is 1. The summed E-state index contributed by atoms with van der Waals surface area (Å²) in [5, 5.41) is 0. The number of rotatable bonds is 13. The van der Waals surface area contributed by atoms with Gasteiger partial charge in [0, 0.05) is 17.5 Å². The number of carbonyl (C=O) groups is 1. The quantitative estimate of drug-likeness (QED) is 0.174. The molecule has 2 rings (SSSR count). The molecule has 0 aromatic heterocycles. The van der Waals surface area contributed by atoms with Gasteiger partial charge in [0.2, 0.25) is 0 Å². The fraction of sp³-hybridized carbons (Fsp3) is 0.333. The number of hydrogen-bond donors (Lipinski definition) is 0. The summed E-state index contributed by atoms with van der Waals surface area (Å²) in [7, 11) is -3.62. The van der Waals surface area contributed by atoms with Gasteiger partial charge in [0.15, 0.2) is 5.78 Å². The molecule has 2 aromatic rings. The molecule has 0 radical (unpaired) electrons. The summed E-state index contributed by atoms with van der Waals surface area (Å²) >= 11 is 0. The molecule has 166 valence electrons. The molecule has 1 atom stereocenters. The van der Waals surface area contributed by atoms with Gasteiger partial charge in [0.25, 0.3) is 0 Å². The third-order valence-corrected chi connectivity index (χ3v) is 6.66. The minimum absolute atomic E-state index is 0.0308. The van der Waals surface area contributed by atoms with Crippen LogP contribution in [0.2, 0.25) is 0 Å². The molecule has 1 unspecified atom stereocenters. The Kier molecular flexibility index (Phi) is 10.4. The van der Waals surface area contributed by atoms with Crippen LogP contribution in [0.1, 0.15) is 37.8 Å². The standard InChI is InChI=1S/C24H30NO5P/c1-4-19-28-23(26)18-17-22(31(27,29-5-2)30-6-3)25-24(20-13-9-7-10-14-20)21-15-11-8-12-16-21/h4,7-16,22H,1,5-6,17-19H2,2-3H3. The van der Waals surface area contributed by atoms with E-state index in [0.717, 1.165) is 11.1 Å². The average molecular weight is 443 g/mol. The molecule has 0 aliphatic rings. The van der Waals surface area contributed by atoms with Crippen LogP contribution >= 0.6 is 7.60 Å². The smallest absolute Gasteiger partial charge is 0.354 e. The van der Waals surface area contributed by atoms with Gasteiger partial charge in [-0.05, 0) is 20.3 Å². The molecule has 0 saturated carbocycles. The van der Waals surface area contributed by atoms with Crippen molar-refractivity contribution in [3.8, 4) is 0 Å². The monoisotopic (exact) mass is 443 g/mol. The molecule has 0 saturated heterocycles. The largest absolute Gasteiger partial charge is 0.461 e. The second-order valence-electron chi connectivity index (χ2n) is 6.58. The van der Waals surface area contributed by atoms with Gasteiger partial charge in [-0.15, -0.1) is 0 Å². The first-order valence-electron chi connectivity index (χ1n) is 10.4. The van der Waals surface area contributed by atoms with Crippen LogP contribution in [0.3, 0.4) is 0 Å². The van der Waals surface area contributed by atoms with Gasteiger partial charge in [0.05, 0.1) is 18.9 Å². The van der Waals surface area contributed by atoms with Crippen molar-refractivity contribution in [2.75, 3.05) is 19.8 Å². The van der Waals surface area contributed by atoms with E-state index in [4.69, 9.17) is 18.8 Å². The van der Waals surface area contributed by atoms with Gasteiger partial charge in [0.1, 0.15) is 6.61 Å². The van der Waals surface area contributed by atoms with E-state index in [1.54, 1.807) is 13.8 Å². The van der Waals surface area contributed by atoms with E-state index in [9.17, 15) is 9.36 Å². The summed E-state index contributed by atoms with van der Waals surface area (Å²) in [6.07, 6.45) is 1.70. The van der Waals surface area contributed by atoms with Crippen LogP contribution in [-0.4, -0.2) is 37.3 Å². The number of benzene rings is 2. The Bertz CT molecular complexity index is 847. The molecule has 0 aliphatic carbocycles. The lowest BCUT2D eigenvalue weighted by Crippen LogP contribution is -2.18. The maximum absolute atomic E-state index is 13.6. The Balaban J connectivity index is 2.49. The van der Waals surface area contributed by atoms with Crippen molar-refractivity contribution in [2.45, 2.75) is 32.5 Å². The van der Waals surface area contributed by atoms with Crippen molar-refractivity contribution in [3.63, 3.8) is 0 Å². The summed E-state index contributed by atoms with van der Waals surface area (Å²) in [4.78, 5) is 16.9. The Morgan fingerprint density at radius 2 is 1.52 bits per heavy atom. The van der Waals surface area contributed by atoms with Crippen LogP contribution in [0.4, 0.5) is 0 Å². The fourth-order valence-corrected chi connectivity index (χ4v) is 4.83. The van der Waals surface area contributed by atoms with Gasteiger partial charge >= 0.3 is 13.6 Å². The zero-order valence-electron chi connectivity index (χ0n) is 18.1. The van der Waals surface area contributed by atoms with Crippen LogP contribution < -0.4 is 0 Å². The first-order chi connectivity index (χ1) is 15.0. The summed E-state index contributed by atoms with van der Waals surface area (Å²) in [5.74, 6) is -1.28. The van der Waals surface area contributed by atoms with E-state index in [0.29, 0.717) is 5.71 Å². The highest BCUT2D eigenvalue weighted by Crippen LogP contribution is 2.55. The van der Waals surface area contributed by atoms with Crippen LogP contribution in [0.5, 0.6) is 0 Å². The SMILES string of the molecule is C=CCOC(=O)CCC(N=C(c1ccccc1)c1ccccc1)P(=O)(OCC)OCC. The number of ether oxygens (including phenoxy) is 1. The van der Waals surface area contributed by atoms with E-state index >= 15 is 0 Å². The number of hydrogen-bond acceptors (Lipinski definition) is 6. The molecule has 7 heteroatoms. The van der Waals surface area contributed by atoms with Crippen LogP contribution in [0, 0.1) is 0 Å². The van der Waals surface area contributed by atoms with Gasteiger partial charge < -0.3 is 13.8 Å². The molecule has 0 amide bonds.